The number of amides is 5. The zero-order valence-corrected chi connectivity index (χ0v) is 22.5. The Balaban J connectivity index is 2.89. The fraction of sp³-hybridized carbons (Fsp3) is 0.538. The largest absolute Gasteiger partial charge is 0.465 e. The highest BCUT2D eigenvalue weighted by atomic mass is 16.4. The van der Waals surface area contributed by atoms with Crippen LogP contribution in [-0.4, -0.2) is 77.2 Å². The van der Waals surface area contributed by atoms with Gasteiger partial charge < -0.3 is 31.7 Å². The van der Waals surface area contributed by atoms with Gasteiger partial charge >= 0.3 is 6.09 Å². The van der Waals surface area contributed by atoms with Gasteiger partial charge in [-0.3, -0.25) is 24.0 Å². The summed E-state index contributed by atoms with van der Waals surface area (Å²) in [5.74, 6) is -4.64. The molecule has 12 nitrogen and oxygen atoms in total. The topological polar surface area (TPSA) is 188 Å². The van der Waals surface area contributed by atoms with E-state index in [1.54, 1.807) is 38.1 Å². The molecule has 0 saturated carbocycles. The van der Waals surface area contributed by atoms with Crippen molar-refractivity contribution in [3.8, 4) is 0 Å². The van der Waals surface area contributed by atoms with Gasteiger partial charge in [0.25, 0.3) is 5.91 Å². The second-order valence-corrected chi connectivity index (χ2v) is 9.66. The minimum absolute atomic E-state index is 0.0206. The van der Waals surface area contributed by atoms with E-state index in [0.717, 1.165) is 10.5 Å². The number of likely N-dealkylation sites (N-methyl/N-ethyl adjacent to an activating group) is 1. The van der Waals surface area contributed by atoms with Gasteiger partial charge in [-0.25, -0.2) is 4.79 Å². The third-order valence-corrected chi connectivity index (χ3v) is 6.20. The average Bonchev–Trinajstić information content (AvgIpc) is 2.86. The summed E-state index contributed by atoms with van der Waals surface area (Å²) in [6.07, 6.45) is -0.586. The van der Waals surface area contributed by atoms with Gasteiger partial charge in [0, 0.05) is 13.5 Å². The minimum Gasteiger partial charge on any atom is -0.465 e. The molecule has 1 rings (SSSR count). The number of hydrogen-bond donors (Lipinski definition) is 5. The normalized spacial score (nSPS) is 13.9. The van der Waals surface area contributed by atoms with Crippen LogP contribution in [0.5, 0.6) is 0 Å². The number of Topliss-reactive ketones (excluding diaryl/α,β-unsaturated/α-hetero) is 1. The molecule has 0 saturated heterocycles. The van der Waals surface area contributed by atoms with E-state index in [9.17, 15) is 28.8 Å². The van der Waals surface area contributed by atoms with Crippen LogP contribution >= 0.6 is 0 Å². The Labute approximate surface area is 222 Å². The number of ketones is 1. The molecule has 4 atom stereocenters. The molecule has 0 radical (unpaired) electrons. The van der Waals surface area contributed by atoms with Crippen LogP contribution in [0.15, 0.2) is 30.3 Å². The molecule has 0 aliphatic rings. The number of benzene rings is 1. The smallest absolute Gasteiger partial charge is 0.405 e. The van der Waals surface area contributed by atoms with Crippen molar-refractivity contribution in [3.63, 3.8) is 0 Å². The van der Waals surface area contributed by atoms with E-state index in [-0.39, 0.29) is 18.8 Å². The molecule has 6 N–H and O–H groups in total. The molecule has 0 fully saturated rings. The Morgan fingerprint density at radius 2 is 1.61 bits per heavy atom. The van der Waals surface area contributed by atoms with Gasteiger partial charge in [-0.05, 0) is 23.8 Å². The van der Waals surface area contributed by atoms with E-state index in [1.165, 1.54) is 7.05 Å². The first kappa shape index (κ1) is 32.1. The van der Waals surface area contributed by atoms with Crippen molar-refractivity contribution in [1.29, 1.82) is 0 Å². The SMILES string of the molecule is CC[C@H](C)C(NC(=O)[C@H](CC(C)C)NC(=O)O)C(=O)C(=O)NCC(=O)N(C)C(Cc1ccccc1)C(N)=O. The average molecular weight is 534 g/mol. The van der Waals surface area contributed by atoms with Gasteiger partial charge in [-0.15, -0.1) is 0 Å². The van der Waals surface area contributed by atoms with Gasteiger partial charge in [0.15, 0.2) is 0 Å². The molecular weight excluding hydrogens is 494 g/mol. The number of nitrogens with zero attached hydrogens (tertiary/aromatic N) is 1. The molecule has 0 aliphatic carbocycles. The molecule has 2 unspecified atom stereocenters. The van der Waals surface area contributed by atoms with E-state index in [0.29, 0.717) is 6.42 Å². The van der Waals surface area contributed by atoms with Crippen molar-refractivity contribution < 1.29 is 33.9 Å². The molecule has 210 valence electrons. The maximum Gasteiger partial charge on any atom is 0.405 e. The highest BCUT2D eigenvalue weighted by molar-refractivity contribution is 6.38. The summed E-state index contributed by atoms with van der Waals surface area (Å²) in [7, 11) is 1.38. The van der Waals surface area contributed by atoms with Crippen LogP contribution < -0.4 is 21.7 Å². The van der Waals surface area contributed by atoms with Crippen LogP contribution in [0.2, 0.25) is 0 Å². The van der Waals surface area contributed by atoms with Crippen molar-refractivity contribution in [2.45, 2.75) is 65.1 Å². The molecule has 38 heavy (non-hydrogen) atoms. The number of nitrogens with two attached hydrogens (primary N) is 1. The lowest BCUT2D eigenvalue weighted by molar-refractivity contribution is -0.143. The molecule has 0 spiro atoms. The summed E-state index contributed by atoms with van der Waals surface area (Å²) in [6.45, 7) is 6.48. The Morgan fingerprint density at radius 1 is 1.00 bits per heavy atom. The Hall–Kier alpha value is -3.96. The number of carboxylic acid groups (broad SMARTS) is 1. The monoisotopic (exact) mass is 533 g/mol. The predicted octanol–water partition coefficient (Wildman–Crippen LogP) is 0.440. The summed E-state index contributed by atoms with van der Waals surface area (Å²) in [5, 5.41) is 16.0. The fourth-order valence-electron chi connectivity index (χ4n) is 3.76. The van der Waals surface area contributed by atoms with Crippen LogP contribution in [0, 0.1) is 11.8 Å². The summed E-state index contributed by atoms with van der Waals surface area (Å²) in [6, 6.07) is 5.65. The van der Waals surface area contributed by atoms with Crippen molar-refractivity contribution in [3.05, 3.63) is 35.9 Å². The molecule has 0 aliphatic heterocycles. The van der Waals surface area contributed by atoms with Gasteiger partial charge in [-0.1, -0.05) is 64.4 Å². The van der Waals surface area contributed by atoms with Crippen LogP contribution in [0.1, 0.15) is 46.1 Å². The lowest BCUT2D eigenvalue weighted by Gasteiger charge is -2.27. The van der Waals surface area contributed by atoms with Crippen LogP contribution in [0.4, 0.5) is 4.79 Å². The molecule has 1 aromatic rings. The van der Waals surface area contributed by atoms with Gasteiger partial charge in [0.05, 0.1) is 12.6 Å². The minimum atomic E-state index is -1.39. The van der Waals surface area contributed by atoms with Crippen LogP contribution in [0.25, 0.3) is 0 Å². The molecule has 0 heterocycles. The number of carbonyl (C=O) groups excluding carboxylic acids is 5. The summed E-state index contributed by atoms with van der Waals surface area (Å²) >= 11 is 0. The zero-order valence-electron chi connectivity index (χ0n) is 22.5. The second kappa shape index (κ2) is 15.3. The lowest BCUT2D eigenvalue weighted by Crippen LogP contribution is -2.56. The van der Waals surface area contributed by atoms with Crippen molar-refractivity contribution in [2.24, 2.45) is 17.6 Å². The highest BCUT2D eigenvalue weighted by Crippen LogP contribution is 2.12. The van der Waals surface area contributed by atoms with E-state index in [4.69, 9.17) is 10.8 Å². The summed E-state index contributed by atoms with van der Waals surface area (Å²) in [4.78, 5) is 75.3. The maximum atomic E-state index is 12.9. The summed E-state index contributed by atoms with van der Waals surface area (Å²) in [5.41, 5.74) is 6.28. The first-order valence-electron chi connectivity index (χ1n) is 12.5. The predicted molar refractivity (Wildman–Crippen MR) is 140 cm³/mol. The standard InChI is InChI=1S/C26H39N5O7/c1-6-16(4)21(30-24(35)18(12-15(2)3)29-26(37)38)22(33)25(36)28-14-20(32)31(5)19(23(27)34)13-17-10-8-7-9-11-17/h7-11,15-16,18-19,21,29H,6,12-14H2,1-5H3,(H2,27,34)(H,28,36)(H,30,35)(H,37,38)/t16-,18-,19?,21?/m0/s1. The van der Waals surface area contributed by atoms with Gasteiger partial charge in [0.1, 0.15) is 12.1 Å². The summed E-state index contributed by atoms with van der Waals surface area (Å²) < 4.78 is 0. The highest BCUT2D eigenvalue weighted by Gasteiger charge is 2.34. The molecule has 0 bridgehead atoms. The third-order valence-electron chi connectivity index (χ3n) is 6.20. The molecule has 12 heteroatoms. The van der Waals surface area contributed by atoms with Crippen molar-refractivity contribution >= 4 is 35.5 Å². The number of nitrogens with one attached hydrogen (secondary N) is 3. The van der Waals surface area contributed by atoms with Gasteiger partial charge in [0.2, 0.25) is 23.5 Å². The number of rotatable bonds is 15. The fourth-order valence-corrected chi connectivity index (χ4v) is 3.76. The Kier molecular flexibility index (Phi) is 12.9. The lowest BCUT2D eigenvalue weighted by atomic mass is 9.94. The maximum absolute atomic E-state index is 12.9. The second-order valence-electron chi connectivity index (χ2n) is 9.66. The van der Waals surface area contributed by atoms with Crippen molar-refractivity contribution in [1.82, 2.24) is 20.9 Å². The first-order valence-corrected chi connectivity index (χ1v) is 12.5. The zero-order chi connectivity index (χ0) is 29.0. The molecule has 5 amide bonds. The van der Waals surface area contributed by atoms with Crippen LogP contribution in [0.3, 0.4) is 0 Å². The molecule has 1 aromatic carbocycles. The number of hydrogen-bond acceptors (Lipinski definition) is 6. The number of carbonyl (C=O) groups is 6. The van der Waals surface area contributed by atoms with E-state index < -0.39 is 66.1 Å². The van der Waals surface area contributed by atoms with E-state index in [2.05, 4.69) is 16.0 Å². The third kappa shape index (κ3) is 10.2. The molecule has 0 aromatic heterocycles. The molecular formula is C26H39N5O7. The Bertz CT molecular complexity index is 999. The van der Waals surface area contributed by atoms with Crippen LogP contribution in [-0.2, 0) is 30.4 Å². The number of primary amides is 1. The quantitative estimate of drug-likeness (QED) is 0.202. The van der Waals surface area contributed by atoms with Crippen molar-refractivity contribution in [2.75, 3.05) is 13.6 Å². The van der Waals surface area contributed by atoms with E-state index >= 15 is 0 Å². The van der Waals surface area contributed by atoms with E-state index in [1.807, 2.05) is 19.9 Å². The Morgan fingerprint density at radius 3 is 2.11 bits per heavy atom. The van der Waals surface area contributed by atoms with Gasteiger partial charge in [-0.2, -0.15) is 0 Å². The first-order chi connectivity index (χ1) is 17.8.